The van der Waals surface area contributed by atoms with Crippen LogP contribution < -0.4 is 5.32 Å². The van der Waals surface area contributed by atoms with Crippen molar-refractivity contribution in [1.29, 1.82) is 0 Å². The minimum Gasteiger partial charge on any atom is -0.394 e. The fourth-order valence-corrected chi connectivity index (χ4v) is 2.44. The highest BCUT2D eigenvalue weighted by atomic mass is 16.5. The predicted octanol–water partition coefficient (Wildman–Crippen LogP) is 1.13. The van der Waals surface area contributed by atoms with Crippen LogP contribution in [0.15, 0.2) is 30.3 Å². The first-order valence-corrected chi connectivity index (χ1v) is 6.77. The lowest BCUT2D eigenvalue weighted by atomic mass is 10.00. The van der Waals surface area contributed by atoms with E-state index in [2.05, 4.69) is 5.32 Å². The summed E-state index contributed by atoms with van der Waals surface area (Å²) in [6.07, 6.45) is 1.37. The largest absolute Gasteiger partial charge is 0.394 e. The molecule has 4 heteroatoms. The Labute approximate surface area is 113 Å². The van der Waals surface area contributed by atoms with Crippen LogP contribution in [-0.2, 0) is 16.0 Å². The van der Waals surface area contributed by atoms with E-state index in [4.69, 9.17) is 4.74 Å². The van der Waals surface area contributed by atoms with Gasteiger partial charge in [-0.1, -0.05) is 30.3 Å². The SMILES string of the molecule is CC1OCCC1C(=O)N[C@@H](CO)Cc1ccccc1. The fourth-order valence-electron chi connectivity index (χ4n) is 2.44. The number of ether oxygens (including phenoxy) is 1. The number of carbonyl (C=O) groups excluding carboxylic acids is 1. The summed E-state index contributed by atoms with van der Waals surface area (Å²) < 4.78 is 5.40. The van der Waals surface area contributed by atoms with Crippen molar-refractivity contribution in [3.05, 3.63) is 35.9 Å². The molecule has 0 radical (unpaired) electrons. The zero-order valence-corrected chi connectivity index (χ0v) is 11.2. The molecule has 1 aliphatic heterocycles. The molecule has 1 aromatic carbocycles. The van der Waals surface area contributed by atoms with Gasteiger partial charge in [0.2, 0.25) is 5.91 Å². The van der Waals surface area contributed by atoms with Gasteiger partial charge in [0, 0.05) is 6.61 Å². The summed E-state index contributed by atoms with van der Waals surface area (Å²) in [4.78, 5) is 12.1. The normalized spacial score (nSPS) is 24.1. The molecular formula is C15H21NO3. The molecule has 1 heterocycles. The topological polar surface area (TPSA) is 58.6 Å². The number of hydrogen-bond acceptors (Lipinski definition) is 3. The van der Waals surface area contributed by atoms with Gasteiger partial charge in [0.1, 0.15) is 0 Å². The number of rotatable bonds is 5. The van der Waals surface area contributed by atoms with Crippen LogP contribution in [0.1, 0.15) is 18.9 Å². The summed E-state index contributed by atoms with van der Waals surface area (Å²) >= 11 is 0. The second-order valence-electron chi connectivity index (χ2n) is 5.05. The van der Waals surface area contributed by atoms with Gasteiger partial charge >= 0.3 is 0 Å². The van der Waals surface area contributed by atoms with Crippen LogP contribution in [0.4, 0.5) is 0 Å². The van der Waals surface area contributed by atoms with E-state index in [9.17, 15) is 9.90 Å². The predicted molar refractivity (Wildman–Crippen MR) is 72.7 cm³/mol. The van der Waals surface area contributed by atoms with E-state index < -0.39 is 0 Å². The van der Waals surface area contributed by atoms with Crippen LogP contribution in [0.5, 0.6) is 0 Å². The van der Waals surface area contributed by atoms with Crippen LogP contribution in [0.25, 0.3) is 0 Å². The number of aliphatic hydroxyl groups is 1. The van der Waals surface area contributed by atoms with Crippen molar-refractivity contribution in [2.24, 2.45) is 5.92 Å². The highest BCUT2D eigenvalue weighted by Crippen LogP contribution is 2.20. The quantitative estimate of drug-likeness (QED) is 0.837. The average molecular weight is 263 g/mol. The highest BCUT2D eigenvalue weighted by molar-refractivity contribution is 5.79. The summed E-state index contributed by atoms with van der Waals surface area (Å²) in [7, 11) is 0. The molecule has 1 saturated heterocycles. The Balaban J connectivity index is 1.90. The third kappa shape index (κ3) is 3.78. The molecule has 0 aliphatic carbocycles. The molecule has 19 heavy (non-hydrogen) atoms. The van der Waals surface area contributed by atoms with E-state index in [0.29, 0.717) is 13.0 Å². The molecular weight excluding hydrogens is 242 g/mol. The summed E-state index contributed by atoms with van der Waals surface area (Å²) in [5.41, 5.74) is 1.11. The molecule has 0 spiro atoms. The summed E-state index contributed by atoms with van der Waals surface area (Å²) in [5, 5.41) is 12.3. The summed E-state index contributed by atoms with van der Waals surface area (Å²) in [6.45, 7) is 2.51. The maximum absolute atomic E-state index is 12.1. The molecule has 1 amide bonds. The number of aliphatic hydroxyl groups excluding tert-OH is 1. The van der Waals surface area contributed by atoms with E-state index >= 15 is 0 Å². The molecule has 0 bridgehead atoms. The minimum atomic E-state index is -0.234. The first-order valence-electron chi connectivity index (χ1n) is 6.77. The van der Waals surface area contributed by atoms with Crippen molar-refractivity contribution in [3.63, 3.8) is 0 Å². The van der Waals surface area contributed by atoms with Crippen LogP contribution >= 0.6 is 0 Å². The molecule has 4 nitrogen and oxygen atoms in total. The van der Waals surface area contributed by atoms with Crippen molar-refractivity contribution in [2.45, 2.75) is 31.9 Å². The monoisotopic (exact) mass is 263 g/mol. The number of benzene rings is 1. The van der Waals surface area contributed by atoms with E-state index in [1.165, 1.54) is 0 Å². The van der Waals surface area contributed by atoms with E-state index in [-0.39, 0.29) is 30.6 Å². The third-order valence-electron chi connectivity index (χ3n) is 3.60. The Bertz CT molecular complexity index is 407. The lowest BCUT2D eigenvalue weighted by Gasteiger charge is -2.20. The second kappa shape index (κ2) is 6.68. The number of carbonyl (C=O) groups is 1. The molecule has 104 valence electrons. The molecule has 0 saturated carbocycles. The number of amides is 1. The maximum atomic E-state index is 12.1. The zero-order chi connectivity index (χ0) is 13.7. The van der Waals surface area contributed by atoms with Crippen molar-refractivity contribution >= 4 is 5.91 Å². The van der Waals surface area contributed by atoms with Crippen LogP contribution in [0.3, 0.4) is 0 Å². The highest BCUT2D eigenvalue weighted by Gasteiger charge is 2.31. The Morgan fingerprint density at radius 3 is 2.79 bits per heavy atom. The van der Waals surface area contributed by atoms with Crippen molar-refractivity contribution < 1.29 is 14.6 Å². The van der Waals surface area contributed by atoms with Crippen LogP contribution in [0.2, 0.25) is 0 Å². The Hall–Kier alpha value is -1.39. The Morgan fingerprint density at radius 1 is 1.47 bits per heavy atom. The van der Waals surface area contributed by atoms with Gasteiger partial charge in [-0.15, -0.1) is 0 Å². The van der Waals surface area contributed by atoms with Gasteiger partial charge in [0.05, 0.1) is 24.7 Å². The zero-order valence-electron chi connectivity index (χ0n) is 11.2. The molecule has 2 rings (SSSR count). The first-order chi connectivity index (χ1) is 9.20. The van der Waals surface area contributed by atoms with Crippen LogP contribution in [0, 0.1) is 5.92 Å². The molecule has 1 fully saturated rings. The van der Waals surface area contributed by atoms with Gasteiger partial charge in [-0.3, -0.25) is 4.79 Å². The molecule has 1 aromatic rings. The van der Waals surface area contributed by atoms with Crippen LogP contribution in [-0.4, -0.2) is 36.4 Å². The molecule has 0 aromatic heterocycles. The number of nitrogens with one attached hydrogen (secondary N) is 1. The molecule has 3 atom stereocenters. The lowest BCUT2D eigenvalue weighted by molar-refractivity contribution is -0.127. The maximum Gasteiger partial charge on any atom is 0.226 e. The fraction of sp³-hybridized carbons (Fsp3) is 0.533. The lowest BCUT2D eigenvalue weighted by Crippen LogP contribution is -2.43. The van der Waals surface area contributed by atoms with Crippen molar-refractivity contribution in [1.82, 2.24) is 5.32 Å². The summed E-state index contributed by atoms with van der Waals surface area (Å²) in [5.74, 6) is -0.107. The van der Waals surface area contributed by atoms with Gasteiger partial charge in [0.25, 0.3) is 0 Å². The standard InChI is InChI=1S/C15H21NO3/c1-11-14(7-8-19-11)15(18)16-13(10-17)9-12-5-3-2-4-6-12/h2-6,11,13-14,17H,7-10H2,1H3,(H,16,18)/t11?,13-,14?/m1/s1. The smallest absolute Gasteiger partial charge is 0.226 e. The number of hydrogen-bond donors (Lipinski definition) is 2. The Kier molecular flexibility index (Phi) is 4.93. The van der Waals surface area contributed by atoms with Gasteiger partial charge in [-0.05, 0) is 25.3 Å². The average Bonchev–Trinajstić information content (AvgIpc) is 2.85. The van der Waals surface area contributed by atoms with Gasteiger partial charge in [-0.25, -0.2) is 0 Å². The van der Waals surface area contributed by atoms with Gasteiger partial charge in [0.15, 0.2) is 0 Å². The van der Waals surface area contributed by atoms with E-state index in [1.54, 1.807) is 0 Å². The van der Waals surface area contributed by atoms with Crippen molar-refractivity contribution in [2.75, 3.05) is 13.2 Å². The molecule has 2 N–H and O–H groups in total. The second-order valence-corrected chi connectivity index (χ2v) is 5.05. The van der Waals surface area contributed by atoms with E-state index in [1.807, 2.05) is 37.3 Å². The minimum absolute atomic E-state index is 0.0139. The summed E-state index contributed by atoms with van der Waals surface area (Å²) in [6, 6.07) is 9.62. The Morgan fingerprint density at radius 2 is 2.21 bits per heavy atom. The molecule has 1 aliphatic rings. The molecule has 2 unspecified atom stereocenters. The third-order valence-corrected chi connectivity index (χ3v) is 3.60. The first kappa shape index (κ1) is 14.0. The van der Waals surface area contributed by atoms with E-state index in [0.717, 1.165) is 12.0 Å². The van der Waals surface area contributed by atoms with Gasteiger partial charge < -0.3 is 15.2 Å². The van der Waals surface area contributed by atoms with Gasteiger partial charge in [-0.2, -0.15) is 0 Å². The van der Waals surface area contributed by atoms with Crippen molar-refractivity contribution in [3.8, 4) is 0 Å².